The Balaban J connectivity index is 1.55. The third-order valence-corrected chi connectivity index (χ3v) is 8.57. The van der Waals surface area contributed by atoms with Gasteiger partial charge in [-0.3, -0.25) is 29.2 Å². The number of anilines is 2. The molecule has 1 saturated heterocycles. The Hall–Kier alpha value is -4.30. The van der Waals surface area contributed by atoms with Crippen molar-refractivity contribution >= 4 is 40.7 Å². The van der Waals surface area contributed by atoms with Crippen LogP contribution in [0.4, 0.5) is 24.7 Å². The highest BCUT2D eigenvalue weighted by Gasteiger charge is 2.44. The molecule has 2 aliphatic rings. The molecule has 2 fully saturated rings. The number of carbonyl (C=O) groups excluding carboxylic acids is 3. The van der Waals surface area contributed by atoms with Crippen LogP contribution in [0.2, 0.25) is 5.02 Å². The molecule has 3 aromatic rings. The molecule has 1 aromatic carbocycles. The summed E-state index contributed by atoms with van der Waals surface area (Å²) >= 11 is 6.58. The number of rotatable bonds is 9. The van der Waals surface area contributed by atoms with Crippen LogP contribution in [0, 0.1) is 23.1 Å². The summed E-state index contributed by atoms with van der Waals surface area (Å²) in [6.45, 7) is 0. The number of hydrogen-bond donors (Lipinski definition) is 0. The highest BCUT2D eigenvalue weighted by atomic mass is 35.5. The van der Waals surface area contributed by atoms with E-state index in [-0.39, 0.29) is 78.5 Å². The molecule has 2 atom stereocenters. The Kier molecular flexibility index (Phi) is 9.30. The summed E-state index contributed by atoms with van der Waals surface area (Å²) in [5.41, 5.74) is 0.493. The van der Waals surface area contributed by atoms with Gasteiger partial charge in [-0.25, -0.2) is 18.2 Å². The number of benzene rings is 1. The second kappa shape index (κ2) is 13.1. The van der Waals surface area contributed by atoms with Gasteiger partial charge in [0.25, 0.3) is 5.91 Å². The van der Waals surface area contributed by atoms with Crippen LogP contribution in [-0.2, 0) is 14.4 Å². The summed E-state index contributed by atoms with van der Waals surface area (Å²) in [4.78, 5) is 52.2. The number of nitriles is 1. The number of aromatic nitrogens is 2. The molecule has 0 spiro atoms. The molecule has 2 amide bonds. The van der Waals surface area contributed by atoms with Crippen molar-refractivity contribution in [3.8, 4) is 6.07 Å². The van der Waals surface area contributed by atoms with Crippen molar-refractivity contribution in [2.45, 2.75) is 69.4 Å². The molecule has 5 rings (SSSR count). The van der Waals surface area contributed by atoms with E-state index in [0.29, 0.717) is 6.42 Å². The standard InChI is InChI=1S/C32H29ClF3N5O3/c33-25-4-2-1-3-24(25)30(27(42)7-5-20-9-12-32(35,36)13-10-20)40(23-16-22(34)18-38-19-23)31(44)26-6-8-29(43)41(26)28-15-21(17-37)11-14-39-28/h1-4,11,14-16,18-20,26,30H,5-10,12-13H2/t26-,30-/m0/s1. The lowest BCUT2D eigenvalue weighted by atomic mass is 9.83. The second-order valence-electron chi connectivity index (χ2n) is 11.1. The van der Waals surface area contributed by atoms with Gasteiger partial charge in [0.1, 0.15) is 23.7 Å². The average molecular weight is 624 g/mol. The van der Waals surface area contributed by atoms with Crippen LogP contribution >= 0.6 is 11.6 Å². The van der Waals surface area contributed by atoms with Crippen LogP contribution in [0.1, 0.15) is 68.5 Å². The number of ketones is 1. The Bertz CT molecular complexity index is 1600. The molecule has 12 heteroatoms. The first-order chi connectivity index (χ1) is 21.1. The van der Waals surface area contributed by atoms with Crippen molar-refractivity contribution in [3.05, 3.63) is 83.0 Å². The Morgan fingerprint density at radius 3 is 2.59 bits per heavy atom. The smallest absolute Gasteiger partial charge is 0.251 e. The molecule has 228 valence electrons. The first kappa shape index (κ1) is 31.1. The lowest BCUT2D eigenvalue weighted by Crippen LogP contribution is -2.50. The predicted octanol–water partition coefficient (Wildman–Crippen LogP) is 6.59. The van der Waals surface area contributed by atoms with Crippen LogP contribution in [-0.4, -0.2) is 39.5 Å². The predicted molar refractivity (Wildman–Crippen MR) is 156 cm³/mol. The Morgan fingerprint density at radius 2 is 1.89 bits per heavy atom. The summed E-state index contributed by atoms with van der Waals surface area (Å²) in [5, 5.41) is 9.57. The van der Waals surface area contributed by atoms with E-state index in [9.17, 15) is 32.8 Å². The third-order valence-electron chi connectivity index (χ3n) is 8.22. The van der Waals surface area contributed by atoms with E-state index in [1.54, 1.807) is 24.3 Å². The van der Waals surface area contributed by atoms with E-state index in [1.807, 2.05) is 6.07 Å². The van der Waals surface area contributed by atoms with Crippen LogP contribution in [0.25, 0.3) is 0 Å². The summed E-state index contributed by atoms with van der Waals surface area (Å²) in [6, 6.07) is 9.92. The van der Waals surface area contributed by atoms with Crippen molar-refractivity contribution in [3.63, 3.8) is 0 Å². The Morgan fingerprint density at radius 1 is 1.14 bits per heavy atom. The summed E-state index contributed by atoms with van der Waals surface area (Å²) in [5.74, 6) is -4.98. The number of amides is 2. The summed E-state index contributed by atoms with van der Waals surface area (Å²) in [6.07, 6.45) is 4.00. The highest BCUT2D eigenvalue weighted by Crippen LogP contribution is 2.40. The molecule has 2 aromatic heterocycles. The van der Waals surface area contributed by atoms with Gasteiger partial charge in [-0.15, -0.1) is 0 Å². The van der Waals surface area contributed by atoms with Crippen LogP contribution < -0.4 is 9.80 Å². The van der Waals surface area contributed by atoms with Crippen LogP contribution in [0.3, 0.4) is 0 Å². The largest absolute Gasteiger partial charge is 0.297 e. The maximum Gasteiger partial charge on any atom is 0.251 e. The summed E-state index contributed by atoms with van der Waals surface area (Å²) < 4.78 is 42.1. The van der Waals surface area contributed by atoms with Crippen molar-refractivity contribution in [1.29, 1.82) is 5.26 Å². The van der Waals surface area contributed by atoms with Crippen molar-refractivity contribution in [2.24, 2.45) is 5.92 Å². The minimum atomic E-state index is -2.71. The van der Waals surface area contributed by atoms with E-state index >= 15 is 0 Å². The fraction of sp³-hybridized carbons (Fsp3) is 0.375. The van der Waals surface area contributed by atoms with E-state index in [1.165, 1.54) is 29.4 Å². The van der Waals surface area contributed by atoms with Gasteiger partial charge >= 0.3 is 0 Å². The fourth-order valence-corrected chi connectivity index (χ4v) is 6.19. The molecule has 0 radical (unpaired) electrons. The molecule has 0 bridgehead atoms. The minimum Gasteiger partial charge on any atom is -0.297 e. The van der Waals surface area contributed by atoms with E-state index in [2.05, 4.69) is 9.97 Å². The van der Waals surface area contributed by atoms with E-state index in [0.717, 1.165) is 17.2 Å². The van der Waals surface area contributed by atoms with E-state index in [4.69, 9.17) is 11.6 Å². The molecule has 8 nitrogen and oxygen atoms in total. The lowest BCUT2D eigenvalue weighted by Gasteiger charge is -2.36. The molecule has 1 aliphatic heterocycles. The highest BCUT2D eigenvalue weighted by molar-refractivity contribution is 6.31. The first-order valence-electron chi connectivity index (χ1n) is 14.3. The van der Waals surface area contributed by atoms with Crippen LogP contribution in [0.5, 0.6) is 0 Å². The van der Waals surface area contributed by atoms with Gasteiger partial charge < -0.3 is 0 Å². The van der Waals surface area contributed by atoms with Gasteiger partial charge in [0, 0.05) is 48.5 Å². The quantitative estimate of drug-likeness (QED) is 0.266. The zero-order chi connectivity index (χ0) is 31.4. The number of carbonyl (C=O) groups is 3. The van der Waals surface area contributed by atoms with Crippen molar-refractivity contribution < 1.29 is 27.6 Å². The zero-order valence-electron chi connectivity index (χ0n) is 23.6. The number of Topliss-reactive ketones (excluding diaryl/α,β-unsaturated/α-hetero) is 1. The SMILES string of the molecule is N#Cc1ccnc(N2C(=O)CC[C@H]2C(=O)N(c2cncc(F)c2)[C@H](C(=O)CCC2CCC(F)(F)CC2)c2ccccc2Cl)c1. The third kappa shape index (κ3) is 6.76. The zero-order valence-corrected chi connectivity index (χ0v) is 24.4. The van der Waals surface area contributed by atoms with Gasteiger partial charge in [-0.05, 0) is 49.8 Å². The molecular formula is C32H29ClF3N5O3. The Labute approximate surface area is 257 Å². The maximum absolute atomic E-state index is 14.6. The number of hydrogen-bond acceptors (Lipinski definition) is 6. The number of pyridine rings is 2. The monoisotopic (exact) mass is 623 g/mol. The van der Waals surface area contributed by atoms with Gasteiger partial charge in [-0.1, -0.05) is 29.8 Å². The molecule has 0 unspecified atom stereocenters. The van der Waals surface area contributed by atoms with Gasteiger partial charge in [-0.2, -0.15) is 5.26 Å². The average Bonchev–Trinajstić information content (AvgIpc) is 3.40. The lowest BCUT2D eigenvalue weighted by molar-refractivity contribution is -0.126. The maximum atomic E-state index is 14.6. The molecule has 1 aliphatic carbocycles. The number of alkyl halides is 2. The molecule has 1 saturated carbocycles. The topological polar surface area (TPSA) is 107 Å². The second-order valence-corrected chi connectivity index (χ2v) is 11.5. The number of halogens is 4. The fourth-order valence-electron chi connectivity index (χ4n) is 5.95. The molecule has 44 heavy (non-hydrogen) atoms. The summed E-state index contributed by atoms with van der Waals surface area (Å²) in [7, 11) is 0. The van der Waals surface area contributed by atoms with Gasteiger partial charge in [0.15, 0.2) is 5.78 Å². The van der Waals surface area contributed by atoms with Crippen molar-refractivity contribution in [2.75, 3.05) is 9.80 Å². The van der Waals surface area contributed by atoms with E-state index < -0.39 is 41.4 Å². The molecule has 3 heterocycles. The van der Waals surface area contributed by atoms with Crippen molar-refractivity contribution in [1.82, 2.24) is 9.97 Å². The van der Waals surface area contributed by atoms with Crippen LogP contribution in [0.15, 0.2) is 61.1 Å². The van der Waals surface area contributed by atoms with Gasteiger partial charge in [0.2, 0.25) is 11.8 Å². The van der Waals surface area contributed by atoms with Gasteiger partial charge in [0.05, 0.1) is 29.7 Å². The first-order valence-corrected chi connectivity index (χ1v) is 14.7. The molecule has 0 N–H and O–H groups in total. The minimum absolute atomic E-state index is 0.00112. The normalized spacial score (nSPS) is 18.9. The molecular weight excluding hydrogens is 595 g/mol. The number of nitrogens with zero attached hydrogens (tertiary/aromatic N) is 5.